The number of rotatable bonds is 4. The van der Waals surface area contributed by atoms with Gasteiger partial charge in [-0.3, -0.25) is 14.4 Å². The second-order valence-corrected chi connectivity index (χ2v) is 8.55. The number of anilines is 1. The van der Waals surface area contributed by atoms with Gasteiger partial charge < -0.3 is 15.1 Å². The summed E-state index contributed by atoms with van der Waals surface area (Å²) in [6.45, 7) is 3.19. The number of alkyl halides is 3. The van der Waals surface area contributed by atoms with Gasteiger partial charge in [0.25, 0.3) is 11.8 Å². The summed E-state index contributed by atoms with van der Waals surface area (Å²) in [4.78, 5) is 40.9. The van der Waals surface area contributed by atoms with Gasteiger partial charge in [-0.15, -0.1) is 0 Å². The van der Waals surface area contributed by atoms with Crippen molar-refractivity contribution in [2.45, 2.75) is 19.5 Å². The zero-order chi connectivity index (χ0) is 23.8. The molecule has 3 amide bonds. The molecule has 2 aromatic carbocycles. The molecule has 0 aromatic heterocycles. The average molecular weight is 459 g/mol. The van der Waals surface area contributed by atoms with Gasteiger partial charge in [-0.05, 0) is 54.8 Å². The van der Waals surface area contributed by atoms with E-state index in [1.54, 1.807) is 29.2 Å². The van der Waals surface area contributed by atoms with Crippen LogP contribution in [0.1, 0.15) is 39.6 Å². The normalized spacial score (nSPS) is 20.4. The van der Waals surface area contributed by atoms with E-state index < -0.39 is 11.7 Å². The molecule has 6 nitrogen and oxygen atoms in total. The van der Waals surface area contributed by atoms with Crippen molar-refractivity contribution in [1.82, 2.24) is 9.80 Å². The highest BCUT2D eigenvalue weighted by molar-refractivity contribution is 5.99. The molecule has 0 radical (unpaired) electrons. The van der Waals surface area contributed by atoms with E-state index in [4.69, 9.17) is 0 Å². The van der Waals surface area contributed by atoms with E-state index in [0.717, 1.165) is 18.6 Å². The highest BCUT2D eigenvalue weighted by atomic mass is 19.4. The van der Waals surface area contributed by atoms with Crippen LogP contribution in [0.5, 0.6) is 0 Å². The standard InChI is InChI=1S/C24H24F3N3O3/c1-15-13-20(15)21(31)28-19-4-2-3-17(14-19)23(33)30-11-9-29(10-12-30)22(32)16-5-7-18(8-6-16)24(25,26)27/h2-8,14-15,20H,9-13H2,1H3,(H,28,31). The Kier molecular flexibility index (Phi) is 6.14. The maximum Gasteiger partial charge on any atom is 0.416 e. The molecule has 1 aliphatic heterocycles. The van der Waals surface area contributed by atoms with Crippen molar-refractivity contribution in [3.05, 3.63) is 65.2 Å². The van der Waals surface area contributed by atoms with E-state index >= 15 is 0 Å². The summed E-state index contributed by atoms with van der Waals surface area (Å²) in [5.41, 5.74) is 0.385. The van der Waals surface area contributed by atoms with Crippen LogP contribution in [0.4, 0.5) is 18.9 Å². The molecule has 33 heavy (non-hydrogen) atoms. The Balaban J connectivity index is 1.34. The van der Waals surface area contributed by atoms with Gasteiger partial charge in [0.15, 0.2) is 0 Å². The lowest BCUT2D eigenvalue weighted by Gasteiger charge is -2.35. The second-order valence-electron chi connectivity index (χ2n) is 8.55. The van der Waals surface area contributed by atoms with Crippen LogP contribution < -0.4 is 5.32 Å². The van der Waals surface area contributed by atoms with Crippen molar-refractivity contribution in [2.24, 2.45) is 11.8 Å². The molecule has 1 aliphatic carbocycles. The van der Waals surface area contributed by atoms with E-state index in [0.29, 0.717) is 30.3 Å². The number of piperazine rings is 1. The smallest absolute Gasteiger partial charge is 0.335 e. The Morgan fingerprint density at radius 2 is 1.42 bits per heavy atom. The number of benzene rings is 2. The fourth-order valence-electron chi connectivity index (χ4n) is 3.93. The monoisotopic (exact) mass is 459 g/mol. The topological polar surface area (TPSA) is 69.7 Å². The minimum Gasteiger partial charge on any atom is -0.335 e. The average Bonchev–Trinajstić information content (AvgIpc) is 3.54. The summed E-state index contributed by atoms with van der Waals surface area (Å²) in [5, 5.41) is 2.85. The molecule has 1 saturated carbocycles. The third kappa shape index (κ3) is 5.18. The van der Waals surface area contributed by atoms with Crippen molar-refractivity contribution in [1.29, 1.82) is 0 Å². The van der Waals surface area contributed by atoms with Gasteiger partial charge >= 0.3 is 6.18 Å². The van der Waals surface area contributed by atoms with Gasteiger partial charge in [0.2, 0.25) is 5.91 Å². The Hall–Kier alpha value is -3.36. The maximum atomic E-state index is 12.9. The van der Waals surface area contributed by atoms with E-state index in [1.807, 2.05) is 6.92 Å². The maximum absolute atomic E-state index is 12.9. The third-order valence-corrected chi connectivity index (χ3v) is 6.14. The fourth-order valence-corrected chi connectivity index (χ4v) is 3.93. The predicted octanol–water partition coefficient (Wildman–Crippen LogP) is 3.90. The Morgan fingerprint density at radius 3 is 1.94 bits per heavy atom. The molecule has 2 atom stereocenters. The lowest BCUT2D eigenvalue weighted by molar-refractivity contribution is -0.137. The summed E-state index contributed by atoms with van der Waals surface area (Å²) in [7, 11) is 0. The molecule has 0 spiro atoms. The SMILES string of the molecule is CC1CC1C(=O)Nc1cccc(C(=O)N2CCN(C(=O)c3ccc(C(F)(F)F)cc3)CC2)c1. The zero-order valence-corrected chi connectivity index (χ0v) is 18.1. The Morgan fingerprint density at radius 1 is 0.879 bits per heavy atom. The molecule has 1 N–H and O–H groups in total. The van der Waals surface area contributed by atoms with Crippen molar-refractivity contribution in [3.63, 3.8) is 0 Å². The minimum absolute atomic E-state index is 0.0274. The molecular weight excluding hydrogens is 435 g/mol. The van der Waals surface area contributed by atoms with Gasteiger partial charge in [-0.1, -0.05) is 13.0 Å². The molecular formula is C24H24F3N3O3. The van der Waals surface area contributed by atoms with Crippen LogP contribution in [0.2, 0.25) is 0 Å². The van der Waals surface area contributed by atoms with Crippen LogP contribution >= 0.6 is 0 Å². The third-order valence-electron chi connectivity index (χ3n) is 6.14. The van der Waals surface area contributed by atoms with Crippen LogP contribution in [-0.2, 0) is 11.0 Å². The van der Waals surface area contributed by atoms with Gasteiger partial charge in [0, 0.05) is 48.9 Å². The first-order valence-electron chi connectivity index (χ1n) is 10.8. The van der Waals surface area contributed by atoms with E-state index in [2.05, 4.69) is 5.32 Å². The summed E-state index contributed by atoms with van der Waals surface area (Å²) >= 11 is 0. The zero-order valence-electron chi connectivity index (χ0n) is 18.1. The molecule has 2 unspecified atom stereocenters. The van der Waals surface area contributed by atoms with Crippen molar-refractivity contribution < 1.29 is 27.6 Å². The number of hydrogen-bond donors (Lipinski definition) is 1. The summed E-state index contributed by atoms with van der Waals surface area (Å²) in [6.07, 6.45) is -3.58. The lowest BCUT2D eigenvalue weighted by atomic mass is 10.1. The fraction of sp³-hybridized carbons (Fsp3) is 0.375. The van der Waals surface area contributed by atoms with Crippen LogP contribution in [0.25, 0.3) is 0 Å². The number of hydrogen-bond acceptors (Lipinski definition) is 3. The summed E-state index contributed by atoms with van der Waals surface area (Å²) in [6, 6.07) is 10.9. The number of carbonyl (C=O) groups is 3. The summed E-state index contributed by atoms with van der Waals surface area (Å²) < 4.78 is 38.2. The molecule has 1 heterocycles. The predicted molar refractivity (Wildman–Crippen MR) is 116 cm³/mol. The Labute approximate surface area is 189 Å². The molecule has 174 valence electrons. The lowest BCUT2D eigenvalue weighted by Crippen LogP contribution is -2.50. The van der Waals surface area contributed by atoms with Gasteiger partial charge in [0.05, 0.1) is 5.56 Å². The summed E-state index contributed by atoms with van der Waals surface area (Å²) in [5.74, 6) is -0.194. The van der Waals surface area contributed by atoms with Gasteiger partial charge in [0.1, 0.15) is 0 Å². The first-order valence-corrected chi connectivity index (χ1v) is 10.8. The number of amides is 3. The molecule has 1 saturated heterocycles. The molecule has 2 aromatic rings. The quantitative estimate of drug-likeness (QED) is 0.754. The van der Waals surface area contributed by atoms with E-state index in [-0.39, 0.29) is 42.3 Å². The first-order chi connectivity index (χ1) is 15.6. The minimum atomic E-state index is -4.45. The highest BCUT2D eigenvalue weighted by Crippen LogP contribution is 2.38. The number of nitrogens with zero attached hydrogens (tertiary/aromatic N) is 2. The number of nitrogens with one attached hydrogen (secondary N) is 1. The molecule has 0 bridgehead atoms. The van der Waals surface area contributed by atoms with Crippen LogP contribution in [0.15, 0.2) is 48.5 Å². The van der Waals surface area contributed by atoms with E-state index in [9.17, 15) is 27.6 Å². The number of halogens is 3. The highest BCUT2D eigenvalue weighted by Gasteiger charge is 2.39. The second kappa shape index (κ2) is 8.88. The molecule has 9 heteroatoms. The largest absolute Gasteiger partial charge is 0.416 e. The molecule has 4 rings (SSSR count). The molecule has 2 aliphatic rings. The van der Waals surface area contributed by atoms with Crippen molar-refractivity contribution in [2.75, 3.05) is 31.5 Å². The van der Waals surface area contributed by atoms with Crippen molar-refractivity contribution >= 4 is 23.4 Å². The van der Waals surface area contributed by atoms with Crippen LogP contribution in [0.3, 0.4) is 0 Å². The van der Waals surface area contributed by atoms with Crippen LogP contribution in [0, 0.1) is 11.8 Å². The Bertz CT molecular complexity index is 1060. The van der Waals surface area contributed by atoms with Crippen LogP contribution in [-0.4, -0.2) is 53.7 Å². The number of carbonyl (C=O) groups excluding carboxylic acids is 3. The van der Waals surface area contributed by atoms with Gasteiger partial charge in [-0.2, -0.15) is 13.2 Å². The van der Waals surface area contributed by atoms with Crippen molar-refractivity contribution in [3.8, 4) is 0 Å². The van der Waals surface area contributed by atoms with E-state index in [1.165, 1.54) is 17.0 Å². The first kappa shape index (κ1) is 22.8. The van der Waals surface area contributed by atoms with Gasteiger partial charge in [-0.25, -0.2) is 0 Å². The molecule has 2 fully saturated rings.